The van der Waals surface area contributed by atoms with Gasteiger partial charge in [0.1, 0.15) is 5.75 Å². The third-order valence-corrected chi connectivity index (χ3v) is 3.33. The predicted molar refractivity (Wildman–Crippen MR) is 52.6 cm³/mol. The van der Waals surface area contributed by atoms with E-state index in [1.807, 2.05) is 0 Å². The van der Waals surface area contributed by atoms with Crippen molar-refractivity contribution in [1.82, 2.24) is 5.32 Å². The molecule has 0 aromatic heterocycles. The minimum Gasteiger partial charge on any atom is -0.358 e. The van der Waals surface area contributed by atoms with E-state index >= 15 is 0 Å². The van der Waals surface area contributed by atoms with Crippen molar-refractivity contribution in [1.29, 1.82) is 0 Å². The molecule has 76 valence electrons. The molecule has 1 rings (SSSR count). The minimum atomic E-state index is -3.48. The minimum absolute atomic E-state index is 0.170. The lowest BCUT2D eigenvalue weighted by Gasteiger charge is -2.02. The summed E-state index contributed by atoms with van der Waals surface area (Å²) < 4.78 is 23.1. The number of benzene rings is 1. The second-order valence-corrected chi connectivity index (χ2v) is 4.73. The quantitative estimate of drug-likeness (QED) is 0.780. The molecule has 0 spiro atoms. The van der Waals surface area contributed by atoms with Crippen LogP contribution in [0.3, 0.4) is 0 Å². The molecule has 0 aliphatic heterocycles. The highest BCUT2D eigenvalue weighted by atomic mass is 32.2. The summed E-state index contributed by atoms with van der Waals surface area (Å²) in [6.07, 6.45) is 0. The summed E-state index contributed by atoms with van der Waals surface area (Å²) in [5.41, 5.74) is 0. The molecule has 1 aromatic rings. The topological polar surface area (TPSA) is 63.2 Å². The Morgan fingerprint density at radius 1 is 1.29 bits per heavy atom. The Morgan fingerprint density at radius 2 is 1.86 bits per heavy atom. The van der Waals surface area contributed by atoms with E-state index in [-0.39, 0.29) is 4.90 Å². The maximum atomic E-state index is 11.5. The van der Waals surface area contributed by atoms with Crippen LogP contribution in [0.1, 0.15) is 0 Å². The van der Waals surface area contributed by atoms with Crippen molar-refractivity contribution in [3.63, 3.8) is 0 Å². The SMILES string of the molecule is CNC(=O)CS(=O)(=O)c1ccccc1. The van der Waals surface area contributed by atoms with Gasteiger partial charge in [-0.05, 0) is 12.1 Å². The second kappa shape index (κ2) is 4.23. The Balaban J connectivity index is 2.93. The van der Waals surface area contributed by atoms with Crippen molar-refractivity contribution < 1.29 is 13.2 Å². The molecule has 1 N–H and O–H groups in total. The molecule has 0 unspecified atom stereocenters. The van der Waals surface area contributed by atoms with E-state index in [2.05, 4.69) is 5.32 Å². The lowest BCUT2D eigenvalue weighted by Crippen LogP contribution is -2.26. The Kier molecular flexibility index (Phi) is 3.24. The fourth-order valence-electron chi connectivity index (χ4n) is 0.956. The van der Waals surface area contributed by atoms with Gasteiger partial charge in [-0.3, -0.25) is 4.79 Å². The zero-order chi connectivity index (χ0) is 10.6. The zero-order valence-corrected chi connectivity index (χ0v) is 8.54. The molecular formula is C9H11NO3S. The average molecular weight is 213 g/mol. The average Bonchev–Trinajstić information content (AvgIpc) is 2.18. The number of rotatable bonds is 3. The fraction of sp³-hybridized carbons (Fsp3) is 0.222. The van der Waals surface area contributed by atoms with Gasteiger partial charge >= 0.3 is 0 Å². The van der Waals surface area contributed by atoms with E-state index in [1.54, 1.807) is 18.2 Å². The van der Waals surface area contributed by atoms with E-state index in [9.17, 15) is 13.2 Å². The molecule has 14 heavy (non-hydrogen) atoms. The Bertz CT molecular complexity index is 411. The van der Waals surface area contributed by atoms with Gasteiger partial charge in [0.05, 0.1) is 4.90 Å². The van der Waals surface area contributed by atoms with Gasteiger partial charge in [0.2, 0.25) is 5.91 Å². The van der Waals surface area contributed by atoms with Gasteiger partial charge in [-0.1, -0.05) is 18.2 Å². The summed E-state index contributed by atoms with van der Waals surface area (Å²) in [5, 5.41) is 2.27. The molecule has 4 nitrogen and oxygen atoms in total. The highest BCUT2D eigenvalue weighted by Crippen LogP contribution is 2.09. The van der Waals surface area contributed by atoms with E-state index in [4.69, 9.17) is 0 Å². The largest absolute Gasteiger partial charge is 0.358 e. The molecule has 0 saturated carbocycles. The summed E-state index contributed by atoms with van der Waals surface area (Å²) in [5.74, 6) is -1.01. The van der Waals surface area contributed by atoms with E-state index in [1.165, 1.54) is 19.2 Å². The lowest BCUT2D eigenvalue weighted by atomic mass is 10.4. The molecule has 0 aliphatic rings. The fourth-order valence-corrected chi connectivity index (χ4v) is 2.18. The summed E-state index contributed by atoms with van der Waals surface area (Å²) in [6, 6.07) is 7.91. The Hall–Kier alpha value is -1.36. The van der Waals surface area contributed by atoms with Crippen LogP contribution < -0.4 is 5.32 Å². The molecule has 5 heteroatoms. The van der Waals surface area contributed by atoms with Gasteiger partial charge in [-0.25, -0.2) is 8.42 Å². The van der Waals surface area contributed by atoms with Gasteiger partial charge < -0.3 is 5.32 Å². The van der Waals surface area contributed by atoms with Crippen LogP contribution in [-0.2, 0) is 14.6 Å². The van der Waals surface area contributed by atoms with Crippen LogP contribution in [-0.4, -0.2) is 27.1 Å². The summed E-state index contributed by atoms with van der Waals surface area (Å²) >= 11 is 0. The van der Waals surface area contributed by atoms with Gasteiger partial charge in [0, 0.05) is 7.05 Å². The van der Waals surface area contributed by atoms with E-state index in [0.29, 0.717) is 0 Å². The van der Waals surface area contributed by atoms with E-state index in [0.717, 1.165) is 0 Å². The first-order chi connectivity index (χ1) is 6.56. The van der Waals surface area contributed by atoms with Crippen molar-refractivity contribution in [2.45, 2.75) is 4.90 Å². The second-order valence-electron chi connectivity index (χ2n) is 2.75. The molecular weight excluding hydrogens is 202 g/mol. The van der Waals surface area contributed by atoms with Crippen molar-refractivity contribution in [2.24, 2.45) is 0 Å². The maximum absolute atomic E-state index is 11.5. The monoisotopic (exact) mass is 213 g/mol. The number of hydrogen-bond acceptors (Lipinski definition) is 3. The summed E-state index contributed by atoms with van der Waals surface area (Å²) in [7, 11) is -2.08. The van der Waals surface area contributed by atoms with Crippen LogP contribution in [0.25, 0.3) is 0 Å². The highest BCUT2D eigenvalue weighted by Gasteiger charge is 2.17. The lowest BCUT2D eigenvalue weighted by molar-refractivity contribution is -0.118. The van der Waals surface area contributed by atoms with Gasteiger partial charge in [0.15, 0.2) is 9.84 Å². The van der Waals surface area contributed by atoms with Crippen LogP contribution >= 0.6 is 0 Å². The molecule has 0 heterocycles. The number of hydrogen-bond donors (Lipinski definition) is 1. The van der Waals surface area contributed by atoms with Crippen LogP contribution in [0.4, 0.5) is 0 Å². The van der Waals surface area contributed by atoms with Crippen molar-refractivity contribution >= 4 is 15.7 Å². The molecule has 1 aromatic carbocycles. The molecule has 0 atom stereocenters. The summed E-state index contributed by atoms with van der Waals surface area (Å²) in [4.78, 5) is 11.1. The van der Waals surface area contributed by atoms with Crippen LogP contribution in [0.2, 0.25) is 0 Å². The maximum Gasteiger partial charge on any atom is 0.235 e. The normalized spacial score (nSPS) is 10.9. The number of nitrogens with one attached hydrogen (secondary N) is 1. The van der Waals surface area contributed by atoms with Crippen LogP contribution in [0.15, 0.2) is 35.2 Å². The third kappa shape index (κ3) is 2.56. The molecule has 0 radical (unpaired) electrons. The van der Waals surface area contributed by atoms with Crippen molar-refractivity contribution in [2.75, 3.05) is 12.8 Å². The van der Waals surface area contributed by atoms with E-state index < -0.39 is 21.5 Å². The molecule has 0 aliphatic carbocycles. The van der Waals surface area contributed by atoms with Crippen LogP contribution in [0, 0.1) is 0 Å². The summed E-state index contributed by atoms with van der Waals surface area (Å²) in [6.45, 7) is 0. The number of carbonyl (C=O) groups excluding carboxylic acids is 1. The molecule has 0 saturated heterocycles. The number of carbonyl (C=O) groups is 1. The Labute approximate surface area is 82.9 Å². The van der Waals surface area contributed by atoms with Gasteiger partial charge in [0.25, 0.3) is 0 Å². The smallest absolute Gasteiger partial charge is 0.235 e. The highest BCUT2D eigenvalue weighted by molar-refractivity contribution is 7.92. The predicted octanol–water partition coefficient (Wildman–Crippen LogP) is 0.206. The third-order valence-electron chi connectivity index (χ3n) is 1.70. The van der Waals surface area contributed by atoms with Crippen molar-refractivity contribution in [3.05, 3.63) is 30.3 Å². The van der Waals surface area contributed by atoms with Crippen LogP contribution in [0.5, 0.6) is 0 Å². The molecule has 0 fully saturated rings. The first-order valence-electron chi connectivity index (χ1n) is 4.04. The van der Waals surface area contributed by atoms with Gasteiger partial charge in [-0.15, -0.1) is 0 Å². The zero-order valence-electron chi connectivity index (χ0n) is 7.73. The number of amides is 1. The number of sulfone groups is 1. The first-order valence-corrected chi connectivity index (χ1v) is 5.70. The van der Waals surface area contributed by atoms with Crippen molar-refractivity contribution in [3.8, 4) is 0 Å². The van der Waals surface area contributed by atoms with Gasteiger partial charge in [-0.2, -0.15) is 0 Å². The molecule has 1 amide bonds. The Morgan fingerprint density at radius 3 is 2.36 bits per heavy atom. The first kappa shape index (κ1) is 10.7. The molecule has 0 bridgehead atoms. The standard InChI is InChI=1S/C9H11NO3S/c1-10-9(11)7-14(12,13)8-5-3-2-4-6-8/h2-6H,7H2,1H3,(H,10,11).